The first-order valence-corrected chi connectivity index (χ1v) is 7.36. The highest BCUT2D eigenvalue weighted by atomic mass is 32.2. The molecule has 0 aromatic rings. The lowest BCUT2D eigenvalue weighted by Gasteiger charge is -2.19. The van der Waals surface area contributed by atoms with Crippen molar-refractivity contribution in [3.63, 3.8) is 0 Å². The van der Waals surface area contributed by atoms with E-state index >= 15 is 0 Å². The number of hydrogen-bond acceptors (Lipinski definition) is 3. The summed E-state index contributed by atoms with van der Waals surface area (Å²) in [5.74, 6) is 0. The van der Waals surface area contributed by atoms with Gasteiger partial charge in [0.05, 0.1) is 5.25 Å². The second kappa shape index (κ2) is 5.82. The summed E-state index contributed by atoms with van der Waals surface area (Å²) in [4.78, 5) is 0. The third kappa shape index (κ3) is 3.74. The Morgan fingerprint density at radius 2 is 2.00 bits per heavy atom. The van der Waals surface area contributed by atoms with Crippen molar-refractivity contribution in [1.29, 1.82) is 0 Å². The van der Waals surface area contributed by atoms with Gasteiger partial charge in [-0.1, -0.05) is 26.2 Å². The van der Waals surface area contributed by atoms with Crippen molar-refractivity contribution in [3.8, 4) is 0 Å². The van der Waals surface area contributed by atoms with Crippen LogP contribution in [0.4, 0.5) is 0 Å². The molecular formula is C10H22N2O2S. The lowest BCUT2D eigenvalue weighted by molar-refractivity contribution is 0.516. The van der Waals surface area contributed by atoms with Crippen LogP contribution in [0.2, 0.25) is 0 Å². The topological polar surface area (TPSA) is 72.2 Å². The van der Waals surface area contributed by atoms with Gasteiger partial charge in [0, 0.05) is 12.6 Å². The second-order valence-electron chi connectivity index (χ2n) is 4.29. The number of sulfonamides is 1. The van der Waals surface area contributed by atoms with Gasteiger partial charge in [0.25, 0.3) is 0 Å². The summed E-state index contributed by atoms with van der Waals surface area (Å²) in [6.45, 7) is 2.42. The average Bonchev–Trinajstić information content (AvgIpc) is 2.70. The Kier molecular flexibility index (Phi) is 5.02. The predicted octanol–water partition coefficient (Wildman–Crippen LogP) is 0.976. The maximum atomic E-state index is 11.9. The predicted molar refractivity (Wildman–Crippen MR) is 62.1 cm³/mol. The Morgan fingerprint density at radius 3 is 2.47 bits per heavy atom. The van der Waals surface area contributed by atoms with Gasteiger partial charge in [-0.2, -0.15) is 0 Å². The minimum absolute atomic E-state index is 0.0828. The molecule has 1 unspecified atom stereocenters. The molecule has 90 valence electrons. The Hall–Kier alpha value is -0.130. The van der Waals surface area contributed by atoms with E-state index in [-0.39, 0.29) is 11.3 Å². The molecule has 15 heavy (non-hydrogen) atoms. The third-order valence-electron chi connectivity index (χ3n) is 2.99. The van der Waals surface area contributed by atoms with E-state index in [1.54, 1.807) is 0 Å². The van der Waals surface area contributed by atoms with Crippen molar-refractivity contribution in [2.45, 2.75) is 56.7 Å². The molecule has 0 aromatic carbocycles. The summed E-state index contributed by atoms with van der Waals surface area (Å²) < 4.78 is 26.6. The van der Waals surface area contributed by atoms with Crippen LogP contribution in [0.1, 0.15) is 45.4 Å². The summed E-state index contributed by atoms with van der Waals surface area (Å²) >= 11 is 0. The quantitative estimate of drug-likeness (QED) is 0.719. The van der Waals surface area contributed by atoms with Crippen molar-refractivity contribution < 1.29 is 8.42 Å². The molecule has 0 aromatic heterocycles. The average molecular weight is 234 g/mol. The number of nitrogens with two attached hydrogens (primary N) is 1. The number of nitrogens with one attached hydrogen (secondary N) is 1. The minimum Gasteiger partial charge on any atom is -0.329 e. The van der Waals surface area contributed by atoms with Gasteiger partial charge in [-0.3, -0.25) is 0 Å². The molecule has 0 amide bonds. The van der Waals surface area contributed by atoms with Crippen molar-refractivity contribution in [2.75, 3.05) is 6.54 Å². The smallest absolute Gasteiger partial charge is 0.214 e. The lowest BCUT2D eigenvalue weighted by Crippen LogP contribution is -2.43. The summed E-state index contributed by atoms with van der Waals surface area (Å²) in [5.41, 5.74) is 5.54. The van der Waals surface area contributed by atoms with Crippen molar-refractivity contribution >= 4 is 10.0 Å². The van der Waals surface area contributed by atoms with Crippen LogP contribution in [0, 0.1) is 0 Å². The molecule has 0 bridgehead atoms. The Bertz CT molecular complexity index is 271. The largest absolute Gasteiger partial charge is 0.329 e. The van der Waals surface area contributed by atoms with Crippen LogP contribution in [0.15, 0.2) is 0 Å². The zero-order valence-electron chi connectivity index (χ0n) is 9.41. The van der Waals surface area contributed by atoms with E-state index in [4.69, 9.17) is 5.73 Å². The highest BCUT2D eigenvalue weighted by Gasteiger charge is 2.29. The maximum Gasteiger partial charge on any atom is 0.214 e. The molecule has 0 saturated heterocycles. The standard InChI is InChI=1S/C10H22N2O2S/c1-2-5-9(8-11)12-15(13,14)10-6-3-4-7-10/h9-10,12H,2-8,11H2,1H3. The molecule has 1 saturated carbocycles. The first-order chi connectivity index (χ1) is 7.10. The van der Waals surface area contributed by atoms with Gasteiger partial charge in [0.1, 0.15) is 0 Å². The van der Waals surface area contributed by atoms with Gasteiger partial charge < -0.3 is 5.73 Å². The highest BCUT2D eigenvalue weighted by molar-refractivity contribution is 7.90. The Labute approximate surface area is 92.7 Å². The maximum absolute atomic E-state index is 11.9. The normalized spacial score (nSPS) is 20.7. The van der Waals surface area contributed by atoms with E-state index in [1.165, 1.54) is 0 Å². The zero-order chi connectivity index (χ0) is 11.3. The molecule has 1 aliphatic carbocycles. The molecule has 0 heterocycles. The van der Waals surface area contributed by atoms with Gasteiger partial charge in [-0.15, -0.1) is 0 Å². The third-order valence-corrected chi connectivity index (χ3v) is 5.00. The van der Waals surface area contributed by atoms with Crippen LogP contribution >= 0.6 is 0 Å². The summed E-state index contributed by atoms with van der Waals surface area (Å²) in [5, 5.41) is -0.177. The van der Waals surface area contributed by atoms with E-state index in [0.717, 1.165) is 38.5 Å². The summed E-state index contributed by atoms with van der Waals surface area (Å²) in [6.07, 6.45) is 5.45. The first-order valence-electron chi connectivity index (χ1n) is 5.81. The molecule has 1 rings (SSSR count). The molecule has 1 fully saturated rings. The van der Waals surface area contributed by atoms with Crippen molar-refractivity contribution in [3.05, 3.63) is 0 Å². The van der Waals surface area contributed by atoms with Crippen LogP contribution in [0.5, 0.6) is 0 Å². The van der Waals surface area contributed by atoms with E-state index in [2.05, 4.69) is 4.72 Å². The van der Waals surface area contributed by atoms with Crippen molar-refractivity contribution in [1.82, 2.24) is 4.72 Å². The molecule has 4 nitrogen and oxygen atoms in total. The fourth-order valence-corrected chi connectivity index (χ4v) is 3.93. The molecule has 5 heteroatoms. The zero-order valence-corrected chi connectivity index (χ0v) is 10.2. The fraction of sp³-hybridized carbons (Fsp3) is 1.00. The number of rotatable bonds is 6. The molecule has 1 atom stereocenters. The Morgan fingerprint density at radius 1 is 1.40 bits per heavy atom. The van der Waals surface area contributed by atoms with Gasteiger partial charge in [-0.05, 0) is 19.3 Å². The minimum atomic E-state index is -3.12. The van der Waals surface area contributed by atoms with E-state index in [9.17, 15) is 8.42 Å². The van der Waals surface area contributed by atoms with Crippen LogP contribution < -0.4 is 10.5 Å². The van der Waals surface area contributed by atoms with Gasteiger partial charge in [-0.25, -0.2) is 13.1 Å². The van der Waals surface area contributed by atoms with E-state index < -0.39 is 10.0 Å². The fourth-order valence-electron chi connectivity index (χ4n) is 2.10. The lowest BCUT2D eigenvalue weighted by atomic mass is 10.2. The van der Waals surface area contributed by atoms with Crippen molar-refractivity contribution in [2.24, 2.45) is 5.73 Å². The van der Waals surface area contributed by atoms with Crippen LogP contribution in [-0.2, 0) is 10.0 Å². The van der Waals surface area contributed by atoms with E-state index in [1.807, 2.05) is 6.92 Å². The van der Waals surface area contributed by atoms with Gasteiger partial charge in [0.2, 0.25) is 10.0 Å². The molecule has 0 radical (unpaired) electrons. The highest BCUT2D eigenvalue weighted by Crippen LogP contribution is 2.24. The molecule has 0 spiro atoms. The first kappa shape index (κ1) is 12.9. The SMILES string of the molecule is CCCC(CN)NS(=O)(=O)C1CCCC1. The molecule has 3 N–H and O–H groups in total. The summed E-state index contributed by atoms with van der Waals surface area (Å²) in [6, 6.07) is -0.0828. The van der Waals surface area contributed by atoms with Gasteiger partial charge in [0.15, 0.2) is 0 Å². The number of hydrogen-bond donors (Lipinski definition) is 2. The monoisotopic (exact) mass is 234 g/mol. The van der Waals surface area contributed by atoms with Crippen LogP contribution in [0.25, 0.3) is 0 Å². The van der Waals surface area contributed by atoms with Crippen LogP contribution in [-0.4, -0.2) is 26.3 Å². The molecular weight excluding hydrogens is 212 g/mol. The molecule has 0 aliphatic heterocycles. The summed E-state index contributed by atoms with van der Waals surface area (Å²) in [7, 11) is -3.12. The van der Waals surface area contributed by atoms with Gasteiger partial charge >= 0.3 is 0 Å². The second-order valence-corrected chi connectivity index (χ2v) is 6.28. The molecule has 1 aliphatic rings. The van der Waals surface area contributed by atoms with E-state index in [0.29, 0.717) is 6.54 Å². The van der Waals surface area contributed by atoms with Crippen LogP contribution in [0.3, 0.4) is 0 Å². The Balaban J connectivity index is 2.53.